The molecule has 0 aliphatic carbocycles. The lowest BCUT2D eigenvalue weighted by Gasteiger charge is -2.33. The number of anilines is 1. The van der Waals surface area contributed by atoms with E-state index in [2.05, 4.69) is 0 Å². The van der Waals surface area contributed by atoms with Gasteiger partial charge in [0, 0.05) is 12.2 Å². The summed E-state index contributed by atoms with van der Waals surface area (Å²) in [5.74, 6) is -2.03. The third-order valence-electron chi connectivity index (χ3n) is 4.26. The number of rotatable bonds is 2. The van der Waals surface area contributed by atoms with Gasteiger partial charge in [-0.05, 0) is 30.2 Å². The molecular weight excluding hydrogens is 333 g/mol. The molecule has 0 saturated carbocycles. The highest BCUT2D eigenvalue weighted by Crippen LogP contribution is 2.35. The number of hydrogen-bond donors (Lipinski definition) is 1. The summed E-state index contributed by atoms with van der Waals surface area (Å²) < 4.78 is 39.7. The first-order valence-electron chi connectivity index (χ1n) is 7.64. The van der Waals surface area contributed by atoms with Gasteiger partial charge in [-0.1, -0.05) is 30.3 Å². The van der Waals surface area contributed by atoms with Gasteiger partial charge in [0.1, 0.15) is 0 Å². The average molecular weight is 348 g/mol. The van der Waals surface area contributed by atoms with Crippen LogP contribution >= 0.6 is 0 Å². The van der Waals surface area contributed by atoms with E-state index in [1.165, 1.54) is 17.0 Å². The number of carbonyl (C=O) groups excluding carboxylic acids is 2. The Labute approximate surface area is 142 Å². The minimum absolute atomic E-state index is 0.0443. The summed E-state index contributed by atoms with van der Waals surface area (Å²) in [4.78, 5) is 25.7. The maximum absolute atomic E-state index is 13.2. The summed E-state index contributed by atoms with van der Waals surface area (Å²) in [5, 5.41) is 0. The zero-order chi connectivity index (χ0) is 18.2. The standard InChI is InChI=1S/C18H15F3N2O2/c19-18(20,21)14-7-3-2-6-13(14)17(25)23-10-12(16(22)24)9-11-5-1-4-8-15(11)23/h1-8,12H,9-10H2,(H2,22,24). The third-order valence-corrected chi connectivity index (χ3v) is 4.26. The summed E-state index contributed by atoms with van der Waals surface area (Å²) in [6.07, 6.45) is -4.29. The largest absolute Gasteiger partial charge is 0.417 e. The molecule has 2 N–H and O–H groups in total. The Balaban J connectivity index is 2.07. The van der Waals surface area contributed by atoms with E-state index in [1.807, 2.05) is 0 Å². The van der Waals surface area contributed by atoms with E-state index in [0.29, 0.717) is 17.7 Å². The lowest BCUT2D eigenvalue weighted by Crippen LogP contribution is -2.44. The van der Waals surface area contributed by atoms with Gasteiger partial charge < -0.3 is 10.6 Å². The second-order valence-corrected chi connectivity index (χ2v) is 5.89. The van der Waals surface area contributed by atoms with Crippen LogP contribution in [-0.2, 0) is 17.4 Å². The smallest absolute Gasteiger partial charge is 0.369 e. The Morgan fingerprint density at radius 3 is 2.36 bits per heavy atom. The molecular formula is C18H15F3N2O2. The number of benzene rings is 2. The number of halogens is 3. The molecule has 1 atom stereocenters. The Morgan fingerprint density at radius 2 is 1.68 bits per heavy atom. The van der Waals surface area contributed by atoms with Crippen molar-refractivity contribution in [1.29, 1.82) is 0 Å². The van der Waals surface area contributed by atoms with Gasteiger partial charge in [0.25, 0.3) is 5.91 Å². The predicted molar refractivity (Wildman–Crippen MR) is 86.0 cm³/mol. The zero-order valence-corrected chi connectivity index (χ0v) is 13.1. The zero-order valence-electron chi connectivity index (χ0n) is 13.1. The average Bonchev–Trinajstić information content (AvgIpc) is 2.59. The highest BCUT2D eigenvalue weighted by molar-refractivity contribution is 6.08. The van der Waals surface area contributed by atoms with Crippen LogP contribution in [-0.4, -0.2) is 18.4 Å². The normalized spacial score (nSPS) is 17.1. The molecule has 2 aromatic rings. The highest BCUT2D eigenvalue weighted by atomic mass is 19.4. The molecule has 0 aromatic heterocycles. The number of fused-ring (bicyclic) bond motifs is 1. The molecule has 2 aromatic carbocycles. The van der Waals surface area contributed by atoms with Crippen LogP contribution in [0.25, 0.3) is 0 Å². The quantitative estimate of drug-likeness (QED) is 0.907. The first-order chi connectivity index (χ1) is 11.8. The van der Waals surface area contributed by atoms with Gasteiger partial charge in [-0.25, -0.2) is 0 Å². The molecule has 2 amide bonds. The van der Waals surface area contributed by atoms with Gasteiger partial charge in [-0.15, -0.1) is 0 Å². The van der Waals surface area contributed by atoms with Crippen LogP contribution < -0.4 is 10.6 Å². The van der Waals surface area contributed by atoms with Crippen LogP contribution in [0.1, 0.15) is 21.5 Å². The Kier molecular flexibility index (Phi) is 4.24. The van der Waals surface area contributed by atoms with Crippen molar-refractivity contribution in [2.45, 2.75) is 12.6 Å². The van der Waals surface area contributed by atoms with Gasteiger partial charge in [-0.2, -0.15) is 13.2 Å². The van der Waals surface area contributed by atoms with Crippen LogP contribution in [0.2, 0.25) is 0 Å². The maximum Gasteiger partial charge on any atom is 0.417 e. The van der Waals surface area contributed by atoms with Crippen LogP contribution in [0, 0.1) is 5.92 Å². The third kappa shape index (κ3) is 3.22. The van der Waals surface area contributed by atoms with Crippen molar-refractivity contribution < 1.29 is 22.8 Å². The first-order valence-corrected chi connectivity index (χ1v) is 7.64. The summed E-state index contributed by atoms with van der Waals surface area (Å²) in [6, 6.07) is 11.4. The number of para-hydroxylation sites is 1. The molecule has 0 saturated heterocycles. The van der Waals surface area contributed by atoms with Crippen LogP contribution in [0.3, 0.4) is 0 Å². The van der Waals surface area contributed by atoms with Crippen LogP contribution in [0.15, 0.2) is 48.5 Å². The molecule has 4 nitrogen and oxygen atoms in total. The maximum atomic E-state index is 13.2. The van der Waals surface area contributed by atoms with E-state index in [-0.39, 0.29) is 6.54 Å². The summed E-state index contributed by atoms with van der Waals surface area (Å²) in [6.45, 7) is -0.0443. The lowest BCUT2D eigenvalue weighted by molar-refractivity contribution is -0.138. The number of hydrogen-bond acceptors (Lipinski definition) is 2. The number of primary amides is 1. The summed E-state index contributed by atoms with van der Waals surface area (Å²) in [5.41, 5.74) is 5.12. The Morgan fingerprint density at radius 1 is 1.04 bits per heavy atom. The van der Waals surface area contributed by atoms with Crippen molar-refractivity contribution in [3.05, 3.63) is 65.2 Å². The number of alkyl halides is 3. The van der Waals surface area contributed by atoms with Gasteiger partial charge in [0.2, 0.25) is 5.91 Å². The minimum Gasteiger partial charge on any atom is -0.369 e. The SMILES string of the molecule is NC(=O)C1Cc2ccccc2N(C(=O)c2ccccc2C(F)(F)F)C1. The molecule has 130 valence electrons. The first kappa shape index (κ1) is 17.0. The molecule has 0 radical (unpaired) electrons. The van der Waals surface area contributed by atoms with E-state index in [0.717, 1.165) is 12.1 Å². The highest BCUT2D eigenvalue weighted by Gasteiger charge is 2.38. The molecule has 1 aliphatic rings. The van der Waals surface area contributed by atoms with Crippen molar-refractivity contribution in [2.75, 3.05) is 11.4 Å². The molecule has 1 aliphatic heterocycles. The van der Waals surface area contributed by atoms with Gasteiger partial charge >= 0.3 is 6.18 Å². The molecule has 3 rings (SSSR count). The monoisotopic (exact) mass is 348 g/mol. The van der Waals surface area contributed by atoms with Crippen molar-refractivity contribution >= 4 is 17.5 Å². The number of nitrogens with two attached hydrogens (primary N) is 1. The van der Waals surface area contributed by atoms with Crippen LogP contribution in [0.4, 0.5) is 18.9 Å². The van der Waals surface area contributed by atoms with Gasteiger partial charge in [0.05, 0.1) is 17.0 Å². The number of carbonyl (C=O) groups is 2. The fourth-order valence-electron chi connectivity index (χ4n) is 3.04. The fraction of sp³-hybridized carbons (Fsp3) is 0.222. The van der Waals surface area contributed by atoms with E-state index < -0.39 is 35.0 Å². The van der Waals surface area contributed by atoms with Crippen molar-refractivity contribution in [1.82, 2.24) is 0 Å². The molecule has 1 unspecified atom stereocenters. The molecule has 0 spiro atoms. The van der Waals surface area contributed by atoms with Crippen molar-refractivity contribution in [3.8, 4) is 0 Å². The Hall–Kier alpha value is -2.83. The van der Waals surface area contributed by atoms with E-state index in [1.54, 1.807) is 24.3 Å². The van der Waals surface area contributed by atoms with Gasteiger partial charge in [0.15, 0.2) is 0 Å². The minimum atomic E-state index is -4.65. The molecule has 7 heteroatoms. The lowest BCUT2D eigenvalue weighted by atomic mass is 9.91. The second kappa shape index (κ2) is 6.23. The summed E-state index contributed by atoms with van der Waals surface area (Å²) in [7, 11) is 0. The van der Waals surface area contributed by atoms with Crippen molar-refractivity contribution in [3.63, 3.8) is 0 Å². The number of amides is 2. The molecule has 25 heavy (non-hydrogen) atoms. The topological polar surface area (TPSA) is 63.4 Å². The molecule has 0 bridgehead atoms. The fourth-order valence-corrected chi connectivity index (χ4v) is 3.04. The Bertz CT molecular complexity index is 833. The van der Waals surface area contributed by atoms with Gasteiger partial charge in [-0.3, -0.25) is 9.59 Å². The molecule has 1 heterocycles. The predicted octanol–water partition coefficient (Wildman–Crippen LogP) is 3.01. The van der Waals surface area contributed by atoms with E-state index >= 15 is 0 Å². The van der Waals surface area contributed by atoms with E-state index in [4.69, 9.17) is 5.73 Å². The summed E-state index contributed by atoms with van der Waals surface area (Å²) >= 11 is 0. The second-order valence-electron chi connectivity index (χ2n) is 5.89. The van der Waals surface area contributed by atoms with Crippen LogP contribution in [0.5, 0.6) is 0 Å². The number of nitrogens with zero attached hydrogens (tertiary/aromatic N) is 1. The van der Waals surface area contributed by atoms with Crippen molar-refractivity contribution in [2.24, 2.45) is 11.7 Å². The molecule has 0 fully saturated rings. The van der Waals surface area contributed by atoms with E-state index in [9.17, 15) is 22.8 Å².